The van der Waals surface area contributed by atoms with Gasteiger partial charge in [-0.25, -0.2) is 9.97 Å². The van der Waals surface area contributed by atoms with Crippen LogP contribution in [0.15, 0.2) is 161 Å². The number of nitrogens with zero attached hydrogens (tertiary/aromatic N) is 3. The SMILES string of the molecule is CC1(C)c2cc(N(c3ccc4c(c3)C(C)(C)c3c5c(c6oc7ccccc7c6c3-4)-c3ccccc3C5(C)C)c3ncccn3)ccc2-c2cc3c(cc21)-c1c(ccc2oc4ccccc4c12)C3(C)C. The summed E-state index contributed by atoms with van der Waals surface area (Å²) >= 11 is 0. The Kier molecular flexibility index (Phi) is 7.20. The highest BCUT2D eigenvalue weighted by atomic mass is 16.3. The van der Waals surface area contributed by atoms with Gasteiger partial charge in [0.1, 0.15) is 22.3 Å². The molecule has 0 saturated heterocycles. The summed E-state index contributed by atoms with van der Waals surface area (Å²) in [6, 6.07) is 51.4. The largest absolute Gasteiger partial charge is 0.456 e. The van der Waals surface area contributed by atoms with Crippen LogP contribution in [0, 0.1) is 0 Å². The van der Waals surface area contributed by atoms with Gasteiger partial charge in [0.15, 0.2) is 0 Å². The van der Waals surface area contributed by atoms with E-state index in [9.17, 15) is 0 Å². The van der Waals surface area contributed by atoms with E-state index in [1.54, 1.807) is 0 Å². The molecule has 8 aromatic carbocycles. The maximum absolute atomic E-state index is 6.96. The molecule has 5 heteroatoms. The molecule has 332 valence electrons. The van der Waals surface area contributed by atoms with E-state index < -0.39 is 0 Å². The number of para-hydroxylation sites is 2. The minimum Gasteiger partial charge on any atom is -0.456 e. The van der Waals surface area contributed by atoms with Crippen molar-refractivity contribution >= 4 is 61.2 Å². The highest BCUT2D eigenvalue weighted by Crippen LogP contribution is 2.64. The Bertz CT molecular complexity index is 4140. The summed E-state index contributed by atoms with van der Waals surface area (Å²) in [5.41, 5.74) is 25.8. The minimum atomic E-state index is -0.345. The lowest BCUT2D eigenvalue weighted by Crippen LogP contribution is -2.24. The first kappa shape index (κ1) is 39.3. The van der Waals surface area contributed by atoms with Crippen molar-refractivity contribution in [3.05, 3.63) is 196 Å². The zero-order chi connectivity index (χ0) is 46.7. The van der Waals surface area contributed by atoms with Crippen molar-refractivity contribution in [2.75, 3.05) is 4.90 Å². The number of hydrogen-bond acceptors (Lipinski definition) is 5. The van der Waals surface area contributed by atoms with Crippen LogP contribution in [0.5, 0.6) is 0 Å². The van der Waals surface area contributed by atoms with Crippen LogP contribution < -0.4 is 4.90 Å². The molecule has 3 heterocycles. The number of benzene rings is 8. The van der Waals surface area contributed by atoms with Crippen LogP contribution in [0.2, 0.25) is 0 Å². The van der Waals surface area contributed by atoms with E-state index >= 15 is 0 Å². The molecule has 69 heavy (non-hydrogen) atoms. The van der Waals surface area contributed by atoms with E-state index in [2.05, 4.69) is 194 Å². The van der Waals surface area contributed by atoms with Gasteiger partial charge in [0.05, 0.1) is 0 Å². The number of anilines is 3. The molecule has 0 atom stereocenters. The molecule has 0 N–H and O–H groups in total. The van der Waals surface area contributed by atoms with E-state index in [0.29, 0.717) is 5.95 Å². The molecule has 0 bridgehead atoms. The maximum Gasteiger partial charge on any atom is 0.234 e. The average molecular weight is 892 g/mol. The summed E-state index contributed by atoms with van der Waals surface area (Å²) in [5, 5.41) is 4.74. The Balaban J connectivity index is 0.907. The Morgan fingerprint density at radius 1 is 0.377 bits per heavy atom. The first-order valence-electron chi connectivity index (χ1n) is 24.4. The summed E-state index contributed by atoms with van der Waals surface area (Å²) in [6.45, 7) is 19.2. The first-order valence-corrected chi connectivity index (χ1v) is 24.4. The van der Waals surface area contributed by atoms with Crippen molar-refractivity contribution in [1.29, 1.82) is 0 Å². The van der Waals surface area contributed by atoms with E-state index in [-0.39, 0.29) is 21.7 Å². The fourth-order valence-corrected chi connectivity index (χ4v) is 13.8. The van der Waals surface area contributed by atoms with Crippen LogP contribution in [-0.4, -0.2) is 9.97 Å². The lowest BCUT2D eigenvalue weighted by Gasteiger charge is -2.31. The zero-order valence-electron chi connectivity index (χ0n) is 40.1. The van der Waals surface area contributed by atoms with E-state index in [0.717, 1.165) is 39.1 Å². The third-order valence-electron chi connectivity index (χ3n) is 17.1. The normalized spacial score (nSPS) is 16.6. The zero-order valence-corrected chi connectivity index (χ0v) is 40.1. The summed E-state index contributed by atoms with van der Waals surface area (Å²) in [5.74, 6) is 0.633. The maximum atomic E-state index is 6.96. The Labute approximate surface area is 401 Å². The van der Waals surface area contributed by atoms with Crippen molar-refractivity contribution in [2.45, 2.75) is 77.0 Å². The summed E-state index contributed by atoms with van der Waals surface area (Å²) in [7, 11) is 0. The molecular formula is C64H49N3O2. The van der Waals surface area contributed by atoms with Crippen LogP contribution >= 0.6 is 0 Å². The standard InChI is InChI=1S/C64H49N3O2/c1-61(2)44-26-27-51-53(39-17-10-13-20-49(39)68-51)52(44)42-33-47-41(32-48(42)61)36-24-22-34(30-45(36)62(47,3)4)67(60-65-28-15-29-66-60)35-23-25-38-46(31-35)64(7,8)57-54(38)55-40-18-11-14-21-50(40)69-59(55)56-37-16-9-12-19-43(37)63(5,6)58(56)57/h9-33H,1-8H3. The summed E-state index contributed by atoms with van der Waals surface area (Å²) in [4.78, 5) is 12.1. The van der Waals surface area contributed by atoms with E-state index in [1.807, 2.05) is 18.5 Å². The van der Waals surface area contributed by atoms with Crippen LogP contribution in [-0.2, 0) is 21.7 Å². The number of aromatic nitrogens is 2. The molecule has 4 aliphatic rings. The molecule has 5 nitrogen and oxygen atoms in total. The number of rotatable bonds is 3. The van der Waals surface area contributed by atoms with Gasteiger partial charge in [0.2, 0.25) is 5.95 Å². The third kappa shape index (κ3) is 4.71. The van der Waals surface area contributed by atoms with E-state index in [1.165, 1.54) is 105 Å². The summed E-state index contributed by atoms with van der Waals surface area (Å²) < 4.78 is 13.4. The number of furan rings is 2. The smallest absolute Gasteiger partial charge is 0.234 e. The van der Waals surface area contributed by atoms with Gasteiger partial charge in [-0.05, 0) is 144 Å². The molecular weight excluding hydrogens is 843 g/mol. The van der Waals surface area contributed by atoms with Gasteiger partial charge in [-0.15, -0.1) is 0 Å². The predicted octanol–water partition coefficient (Wildman–Crippen LogP) is 17.0. The molecule has 0 amide bonds. The highest BCUT2D eigenvalue weighted by molar-refractivity contribution is 6.21. The fraction of sp³-hybridized carbons (Fsp3) is 0.188. The van der Waals surface area contributed by atoms with Gasteiger partial charge < -0.3 is 8.83 Å². The number of hydrogen-bond donors (Lipinski definition) is 0. The molecule has 3 aromatic heterocycles. The van der Waals surface area contributed by atoms with Gasteiger partial charge >= 0.3 is 0 Å². The molecule has 0 spiro atoms. The Hall–Kier alpha value is -7.76. The van der Waals surface area contributed by atoms with Crippen molar-refractivity contribution in [1.82, 2.24) is 9.97 Å². The van der Waals surface area contributed by atoms with Gasteiger partial charge in [-0.2, -0.15) is 0 Å². The molecule has 4 aliphatic carbocycles. The summed E-state index contributed by atoms with van der Waals surface area (Å²) in [6.07, 6.45) is 3.70. The van der Waals surface area contributed by atoms with Crippen LogP contribution in [0.4, 0.5) is 17.3 Å². The molecule has 11 aromatic rings. The molecule has 0 unspecified atom stereocenters. The molecule has 0 aliphatic heterocycles. The van der Waals surface area contributed by atoms with Crippen molar-refractivity contribution < 1.29 is 8.83 Å². The van der Waals surface area contributed by atoms with Gasteiger partial charge in [0.25, 0.3) is 0 Å². The van der Waals surface area contributed by atoms with Crippen LogP contribution in [0.25, 0.3) is 88.4 Å². The second kappa shape index (κ2) is 12.7. The van der Waals surface area contributed by atoms with Crippen molar-refractivity contribution in [3.63, 3.8) is 0 Å². The quantitative estimate of drug-likeness (QED) is 0.177. The number of fused-ring (bicyclic) bond motifs is 22. The lowest BCUT2D eigenvalue weighted by molar-refractivity contribution is 0.600. The molecule has 0 saturated carbocycles. The predicted molar refractivity (Wildman–Crippen MR) is 282 cm³/mol. The highest BCUT2D eigenvalue weighted by Gasteiger charge is 2.49. The monoisotopic (exact) mass is 891 g/mol. The lowest BCUT2D eigenvalue weighted by atomic mass is 9.72. The Morgan fingerprint density at radius 2 is 0.928 bits per heavy atom. The molecule has 15 rings (SSSR count). The third-order valence-corrected chi connectivity index (χ3v) is 17.1. The molecule has 0 fully saturated rings. The minimum absolute atomic E-state index is 0.183. The van der Waals surface area contributed by atoms with Gasteiger partial charge in [-0.3, -0.25) is 4.90 Å². The van der Waals surface area contributed by atoms with Crippen LogP contribution in [0.3, 0.4) is 0 Å². The van der Waals surface area contributed by atoms with Gasteiger partial charge in [-0.1, -0.05) is 134 Å². The molecule has 0 radical (unpaired) electrons. The first-order chi connectivity index (χ1) is 33.3. The fourth-order valence-electron chi connectivity index (χ4n) is 13.8. The van der Waals surface area contributed by atoms with Crippen molar-refractivity contribution in [2.24, 2.45) is 0 Å². The van der Waals surface area contributed by atoms with Crippen molar-refractivity contribution in [3.8, 4) is 44.5 Å². The second-order valence-corrected chi connectivity index (χ2v) is 22.1. The topological polar surface area (TPSA) is 55.3 Å². The Morgan fingerprint density at radius 3 is 1.68 bits per heavy atom. The van der Waals surface area contributed by atoms with Gasteiger partial charge in [0, 0.05) is 72.5 Å². The average Bonchev–Trinajstić information content (AvgIpc) is 4.14. The van der Waals surface area contributed by atoms with E-state index in [4.69, 9.17) is 18.8 Å². The second-order valence-electron chi connectivity index (χ2n) is 22.1. The van der Waals surface area contributed by atoms with Crippen LogP contribution in [0.1, 0.15) is 99.9 Å².